The number of hydrogen-bond acceptors (Lipinski definition) is 2. The second kappa shape index (κ2) is 5.78. The summed E-state index contributed by atoms with van der Waals surface area (Å²) < 4.78 is 0. The van der Waals surface area contributed by atoms with E-state index in [9.17, 15) is 0 Å². The third-order valence-corrected chi connectivity index (χ3v) is 5.24. The fraction of sp³-hybridized carbons (Fsp3) is 0.474. The molecule has 0 bridgehead atoms. The van der Waals surface area contributed by atoms with Gasteiger partial charge in [-0.1, -0.05) is 36.4 Å². The van der Waals surface area contributed by atoms with E-state index in [2.05, 4.69) is 73.7 Å². The molecule has 1 aliphatic rings. The van der Waals surface area contributed by atoms with Gasteiger partial charge in [0.1, 0.15) is 0 Å². The van der Waals surface area contributed by atoms with Crippen molar-refractivity contribution in [2.75, 3.05) is 20.6 Å². The predicted octanol–water partition coefficient (Wildman–Crippen LogP) is 3.97. The van der Waals surface area contributed by atoms with Gasteiger partial charge in [0.15, 0.2) is 0 Å². The first kappa shape index (κ1) is 14.6. The number of likely N-dealkylation sites (N-methyl/N-ethyl adjacent to an activating group) is 1. The smallest absolute Gasteiger partial charge is 0.0328 e. The van der Waals surface area contributed by atoms with Gasteiger partial charge >= 0.3 is 0 Å². The third kappa shape index (κ3) is 2.83. The largest absolute Gasteiger partial charge is 0.308 e. The van der Waals surface area contributed by atoms with Crippen LogP contribution in [0, 0.1) is 0 Å². The van der Waals surface area contributed by atoms with E-state index in [1.165, 1.54) is 35.6 Å². The molecule has 0 aromatic heterocycles. The molecule has 0 saturated heterocycles. The van der Waals surface area contributed by atoms with E-state index in [0.29, 0.717) is 11.6 Å². The lowest BCUT2D eigenvalue weighted by atomic mass is 9.75. The Hall–Kier alpha value is -1.38. The first-order valence-electron chi connectivity index (χ1n) is 8.00. The fourth-order valence-electron chi connectivity index (χ4n) is 3.31. The summed E-state index contributed by atoms with van der Waals surface area (Å²) in [4.78, 5) is 2.40. The van der Waals surface area contributed by atoms with Crippen molar-refractivity contribution >= 4 is 10.8 Å². The van der Waals surface area contributed by atoms with E-state index in [4.69, 9.17) is 0 Å². The first-order valence-corrected chi connectivity index (χ1v) is 8.00. The van der Waals surface area contributed by atoms with Crippen LogP contribution in [-0.4, -0.2) is 31.1 Å². The molecule has 0 spiro atoms. The molecule has 2 heteroatoms. The van der Waals surface area contributed by atoms with Gasteiger partial charge in [0.2, 0.25) is 0 Å². The molecule has 1 atom stereocenters. The SMILES string of the molecule is CC(NCC1(N(C)C)CCC1)c1ccc2ccccc2c1. The van der Waals surface area contributed by atoms with Gasteiger partial charge in [-0.3, -0.25) is 0 Å². The second-order valence-corrected chi connectivity index (χ2v) is 6.68. The van der Waals surface area contributed by atoms with Crippen molar-refractivity contribution in [3.8, 4) is 0 Å². The average Bonchev–Trinajstić information content (AvgIpc) is 2.45. The molecule has 1 N–H and O–H groups in total. The summed E-state index contributed by atoms with van der Waals surface area (Å²) >= 11 is 0. The maximum atomic E-state index is 3.75. The zero-order valence-electron chi connectivity index (χ0n) is 13.4. The molecule has 2 aromatic rings. The highest BCUT2D eigenvalue weighted by Crippen LogP contribution is 2.36. The van der Waals surface area contributed by atoms with Crippen molar-refractivity contribution in [1.29, 1.82) is 0 Å². The van der Waals surface area contributed by atoms with E-state index in [1.54, 1.807) is 0 Å². The number of rotatable bonds is 5. The second-order valence-electron chi connectivity index (χ2n) is 6.68. The van der Waals surface area contributed by atoms with Crippen LogP contribution in [0.5, 0.6) is 0 Å². The summed E-state index contributed by atoms with van der Waals surface area (Å²) in [6.07, 6.45) is 4.00. The van der Waals surface area contributed by atoms with E-state index in [1.807, 2.05) is 0 Å². The Morgan fingerprint density at radius 2 is 1.81 bits per heavy atom. The number of nitrogens with zero attached hydrogens (tertiary/aromatic N) is 1. The van der Waals surface area contributed by atoms with E-state index in [-0.39, 0.29) is 0 Å². The molecule has 1 aliphatic carbocycles. The van der Waals surface area contributed by atoms with Crippen LogP contribution in [0.1, 0.15) is 37.8 Å². The minimum atomic E-state index is 0.380. The molecule has 1 fully saturated rings. The number of hydrogen-bond donors (Lipinski definition) is 1. The van der Waals surface area contributed by atoms with Crippen LogP contribution in [0.4, 0.5) is 0 Å². The summed E-state index contributed by atoms with van der Waals surface area (Å²) in [6, 6.07) is 15.8. The highest BCUT2D eigenvalue weighted by molar-refractivity contribution is 5.83. The molecule has 0 heterocycles. The van der Waals surface area contributed by atoms with Gasteiger partial charge in [-0.05, 0) is 62.7 Å². The summed E-state index contributed by atoms with van der Waals surface area (Å²) in [5.74, 6) is 0. The number of nitrogens with one attached hydrogen (secondary N) is 1. The van der Waals surface area contributed by atoms with Gasteiger partial charge < -0.3 is 10.2 Å². The average molecular weight is 282 g/mol. The summed E-state index contributed by atoms with van der Waals surface area (Å²) in [5, 5.41) is 6.39. The normalized spacial score (nSPS) is 18.7. The molecule has 3 rings (SSSR count). The Labute approximate surface area is 128 Å². The maximum absolute atomic E-state index is 3.75. The topological polar surface area (TPSA) is 15.3 Å². The molecule has 112 valence electrons. The van der Waals surface area contributed by atoms with Crippen LogP contribution in [0.25, 0.3) is 10.8 Å². The van der Waals surface area contributed by atoms with Crippen LogP contribution < -0.4 is 5.32 Å². The molecule has 0 amide bonds. The Morgan fingerprint density at radius 1 is 1.10 bits per heavy atom. The van der Waals surface area contributed by atoms with Crippen LogP contribution in [0.3, 0.4) is 0 Å². The molecule has 0 aliphatic heterocycles. The maximum Gasteiger partial charge on any atom is 0.0328 e. The lowest BCUT2D eigenvalue weighted by Gasteiger charge is -2.48. The Bertz CT molecular complexity index is 614. The van der Waals surface area contributed by atoms with Crippen LogP contribution in [-0.2, 0) is 0 Å². The molecule has 21 heavy (non-hydrogen) atoms. The summed E-state index contributed by atoms with van der Waals surface area (Å²) in [5.41, 5.74) is 1.76. The molecular weight excluding hydrogens is 256 g/mol. The lowest BCUT2D eigenvalue weighted by Crippen LogP contribution is -2.56. The van der Waals surface area contributed by atoms with Crippen molar-refractivity contribution < 1.29 is 0 Å². The Balaban J connectivity index is 1.70. The summed E-state index contributed by atoms with van der Waals surface area (Å²) in [7, 11) is 4.42. The zero-order chi connectivity index (χ0) is 14.9. The highest BCUT2D eigenvalue weighted by Gasteiger charge is 2.38. The number of benzene rings is 2. The highest BCUT2D eigenvalue weighted by atomic mass is 15.2. The van der Waals surface area contributed by atoms with Gasteiger partial charge in [-0.15, -0.1) is 0 Å². The standard InChI is InChI=1S/C19H26N2/c1-15(20-14-19(21(2)3)11-6-12-19)17-10-9-16-7-4-5-8-18(16)13-17/h4-5,7-10,13,15,20H,6,11-12,14H2,1-3H3. The number of fused-ring (bicyclic) bond motifs is 1. The van der Waals surface area contributed by atoms with Crippen LogP contribution in [0.15, 0.2) is 42.5 Å². The van der Waals surface area contributed by atoms with E-state index >= 15 is 0 Å². The predicted molar refractivity (Wildman–Crippen MR) is 90.6 cm³/mol. The van der Waals surface area contributed by atoms with Crippen molar-refractivity contribution in [2.24, 2.45) is 0 Å². The first-order chi connectivity index (χ1) is 10.1. The molecule has 2 aromatic carbocycles. The summed E-state index contributed by atoms with van der Waals surface area (Å²) in [6.45, 7) is 3.35. The van der Waals surface area contributed by atoms with Crippen LogP contribution in [0.2, 0.25) is 0 Å². The quantitative estimate of drug-likeness (QED) is 0.892. The van der Waals surface area contributed by atoms with Gasteiger partial charge in [0.25, 0.3) is 0 Å². The van der Waals surface area contributed by atoms with E-state index < -0.39 is 0 Å². The van der Waals surface area contributed by atoms with Crippen molar-refractivity contribution in [1.82, 2.24) is 10.2 Å². The third-order valence-electron chi connectivity index (χ3n) is 5.24. The van der Waals surface area contributed by atoms with E-state index in [0.717, 1.165) is 6.54 Å². The van der Waals surface area contributed by atoms with Gasteiger partial charge in [-0.2, -0.15) is 0 Å². The monoisotopic (exact) mass is 282 g/mol. The van der Waals surface area contributed by atoms with Crippen molar-refractivity contribution in [3.05, 3.63) is 48.0 Å². The molecule has 1 unspecified atom stereocenters. The fourth-order valence-corrected chi connectivity index (χ4v) is 3.31. The molecule has 0 radical (unpaired) electrons. The van der Waals surface area contributed by atoms with Crippen molar-refractivity contribution in [2.45, 2.75) is 37.8 Å². The van der Waals surface area contributed by atoms with Gasteiger partial charge in [0, 0.05) is 18.1 Å². The minimum absolute atomic E-state index is 0.380. The van der Waals surface area contributed by atoms with Gasteiger partial charge in [0.05, 0.1) is 0 Å². The Kier molecular flexibility index (Phi) is 4.01. The van der Waals surface area contributed by atoms with Crippen LogP contribution >= 0.6 is 0 Å². The lowest BCUT2D eigenvalue weighted by molar-refractivity contribution is 0.0576. The van der Waals surface area contributed by atoms with Gasteiger partial charge in [-0.25, -0.2) is 0 Å². The molecule has 2 nitrogen and oxygen atoms in total. The minimum Gasteiger partial charge on any atom is -0.308 e. The Morgan fingerprint density at radius 3 is 2.43 bits per heavy atom. The van der Waals surface area contributed by atoms with Crippen molar-refractivity contribution in [3.63, 3.8) is 0 Å². The zero-order valence-corrected chi connectivity index (χ0v) is 13.4. The molecule has 1 saturated carbocycles. The molecular formula is C19H26N2.